The second kappa shape index (κ2) is 8.88. The van der Waals surface area contributed by atoms with Gasteiger partial charge in [0.1, 0.15) is 21.7 Å². The van der Waals surface area contributed by atoms with Crippen molar-refractivity contribution in [1.29, 1.82) is 0 Å². The molecule has 0 saturated heterocycles. The summed E-state index contributed by atoms with van der Waals surface area (Å²) in [6, 6.07) is 16.7. The number of nitrogens with one attached hydrogen (secondary N) is 2. The van der Waals surface area contributed by atoms with E-state index in [-0.39, 0.29) is 50.6 Å². The average molecular weight is 545 g/mol. The van der Waals surface area contributed by atoms with Gasteiger partial charge in [-0.15, -0.1) is 4.40 Å². The molecule has 11 nitrogen and oxygen atoms in total. The van der Waals surface area contributed by atoms with Gasteiger partial charge in [0, 0.05) is 23.2 Å². The number of fused-ring (bicyclic) bond motifs is 4. The minimum Gasteiger partial charge on any atom is -0.506 e. The number of hydrogen-bond donors (Lipinski definition) is 4. The third kappa shape index (κ3) is 4.05. The van der Waals surface area contributed by atoms with Crippen molar-refractivity contribution in [1.82, 2.24) is 9.66 Å². The summed E-state index contributed by atoms with van der Waals surface area (Å²) in [5.74, 6) is -0.265. The number of benzene rings is 3. The molecule has 0 radical (unpaired) electrons. The van der Waals surface area contributed by atoms with Crippen LogP contribution in [0, 0.1) is 5.92 Å². The van der Waals surface area contributed by atoms with Crippen LogP contribution < -0.4 is 22.0 Å². The van der Waals surface area contributed by atoms with E-state index in [0.717, 1.165) is 0 Å². The Morgan fingerprint density at radius 2 is 1.92 bits per heavy atom. The molecule has 0 fully saturated rings. The Hall–Kier alpha value is -4.84. The number of nitrogen functional groups attached to an aromatic ring is 1. The molecule has 1 aliphatic rings. The lowest BCUT2D eigenvalue weighted by molar-refractivity contribution is 0.478. The first-order chi connectivity index (χ1) is 18.6. The van der Waals surface area contributed by atoms with Gasteiger partial charge in [-0.05, 0) is 48.4 Å². The predicted molar refractivity (Wildman–Crippen MR) is 150 cm³/mol. The lowest BCUT2D eigenvalue weighted by atomic mass is 10.1. The maximum atomic E-state index is 13.6. The number of nitrogens with two attached hydrogens (primary N) is 1. The van der Waals surface area contributed by atoms with Crippen LogP contribution in [0.1, 0.15) is 19.4 Å². The van der Waals surface area contributed by atoms with E-state index in [9.17, 15) is 18.3 Å². The summed E-state index contributed by atoms with van der Waals surface area (Å²) in [5.41, 5.74) is 10.0. The second-order valence-electron chi connectivity index (χ2n) is 9.61. The second-order valence-corrected chi connectivity index (χ2v) is 11.2. The molecular formula is C27H24N6O5S. The van der Waals surface area contributed by atoms with Crippen molar-refractivity contribution in [3.05, 3.63) is 76.6 Å². The van der Waals surface area contributed by atoms with Crippen molar-refractivity contribution >= 4 is 49.2 Å². The highest BCUT2D eigenvalue weighted by Crippen LogP contribution is 2.38. The first-order valence-electron chi connectivity index (χ1n) is 12.2. The zero-order valence-electron chi connectivity index (χ0n) is 21.0. The Labute approximate surface area is 222 Å². The first kappa shape index (κ1) is 24.5. The molecule has 0 bridgehead atoms. The smallest absolute Gasteiger partial charge is 0.288 e. The molecule has 3 aromatic carbocycles. The van der Waals surface area contributed by atoms with Crippen LogP contribution in [0.3, 0.4) is 0 Å². The van der Waals surface area contributed by atoms with Crippen LogP contribution in [-0.4, -0.2) is 35.6 Å². The quantitative estimate of drug-likeness (QED) is 0.240. The van der Waals surface area contributed by atoms with Crippen molar-refractivity contribution in [2.75, 3.05) is 23.0 Å². The van der Waals surface area contributed by atoms with E-state index in [1.165, 1.54) is 10.7 Å². The van der Waals surface area contributed by atoms with Gasteiger partial charge >= 0.3 is 0 Å². The largest absolute Gasteiger partial charge is 0.506 e. The van der Waals surface area contributed by atoms with E-state index in [4.69, 9.17) is 10.2 Å². The fraction of sp³-hybridized carbons (Fsp3) is 0.148. The Morgan fingerprint density at radius 1 is 1.13 bits per heavy atom. The molecule has 0 amide bonds. The molecule has 39 heavy (non-hydrogen) atoms. The number of sulfonamides is 1. The van der Waals surface area contributed by atoms with Gasteiger partial charge in [-0.1, -0.05) is 32.0 Å². The molecule has 198 valence electrons. The van der Waals surface area contributed by atoms with Crippen LogP contribution in [0.5, 0.6) is 5.75 Å². The molecule has 0 aliphatic carbocycles. The normalized spacial score (nSPS) is 14.3. The van der Waals surface area contributed by atoms with Gasteiger partial charge < -0.3 is 26.0 Å². The molecule has 3 heterocycles. The predicted octanol–water partition coefficient (Wildman–Crippen LogP) is 3.86. The topological polar surface area (TPSA) is 165 Å². The van der Waals surface area contributed by atoms with E-state index in [0.29, 0.717) is 28.7 Å². The number of oxazole rings is 1. The van der Waals surface area contributed by atoms with Crippen LogP contribution in [-0.2, 0) is 10.0 Å². The molecule has 0 unspecified atom stereocenters. The third-order valence-corrected chi connectivity index (χ3v) is 7.67. The minimum absolute atomic E-state index is 0.0824. The molecule has 0 spiro atoms. The zero-order valence-corrected chi connectivity index (χ0v) is 21.8. The molecule has 0 atom stereocenters. The van der Waals surface area contributed by atoms with Crippen molar-refractivity contribution in [2.24, 2.45) is 10.3 Å². The Kier molecular flexibility index (Phi) is 5.57. The summed E-state index contributed by atoms with van der Waals surface area (Å²) in [5, 5.41) is 14.4. The minimum atomic E-state index is -4.37. The van der Waals surface area contributed by atoms with E-state index in [1.54, 1.807) is 54.6 Å². The fourth-order valence-electron chi connectivity index (χ4n) is 4.52. The first-order valence-corrected chi connectivity index (χ1v) is 13.6. The number of nitrogens with zero attached hydrogens (tertiary/aromatic N) is 3. The van der Waals surface area contributed by atoms with Crippen LogP contribution in [0.2, 0.25) is 0 Å². The van der Waals surface area contributed by atoms with Crippen LogP contribution in [0.4, 0.5) is 11.4 Å². The number of para-hydroxylation sites is 1. The van der Waals surface area contributed by atoms with Crippen LogP contribution >= 0.6 is 0 Å². The van der Waals surface area contributed by atoms with E-state index in [1.807, 2.05) is 13.8 Å². The van der Waals surface area contributed by atoms with Gasteiger partial charge in [-0.3, -0.25) is 4.79 Å². The van der Waals surface area contributed by atoms with Crippen molar-refractivity contribution in [3.8, 4) is 17.2 Å². The van der Waals surface area contributed by atoms with E-state index in [2.05, 4.69) is 20.1 Å². The molecule has 1 aliphatic heterocycles. The van der Waals surface area contributed by atoms with Gasteiger partial charge in [-0.25, -0.2) is 9.66 Å². The van der Waals surface area contributed by atoms with Gasteiger partial charge in [0.2, 0.25) is 5.89 Å². The van der Waals surface area contributed by atoms with Crippen LogP contribution in [0.25, 0.3) is 33.5 Å². The zero-order chi connectivity index (χ0) is 27.5. The standard InChI is InChI=1S/C27H24N6O5S/c1-14(2)13-29-33-19-9-4-3-8-17(19)23(34)21(27(33)35)25-30-18-10-11-20-22(24(18)39(36,37)32-25)31-26(38-20)15-6-5-7-16(28)12-15/h3-12,14,29,34H,13,28H2,1-2H3,(H,30,32). The van der Waals surface area contributed by atoms with E-state index >= 15 is 0 Å². The number of pyridine rings is 1. The van der Waals surface area contributed by atoms with E-state index < -0.39 is 15.6 Å². The van der Waals surface area contributed by atoms with Crippen molar-refractivity contribution < 1.29 is 17.9 Å². The van der Waals surface area contributed by atoms with Crippen molar-refractivity contribution in [2.45, 2.75) is 18.7 Å². The highest BCUT2D eigenvalue weighted by molar-refractivity contribution is 7.90. The Morgan fingerprint density at radius 3 is 2.69 bits per heavy atom. The molecular weight excluding hydrogens is 520 g/mol. The summed E-state index contributed by atoms with van der Waals surface area (Å²) < 4.78 is 38.1. The monoisotopic (exact) mass is 544 g/mol. The summed E-state index contributed by atoms with van der Waals surface area (Å²) >= 11 is 0. The third-order valence-electron chi connectivity index (χ3n) is 6.32. The van der Waals surface area contributed by atoms with Gasteiger partial charge in [-0.2, -0.15) is 8.42 Å². The number of anilines is 2. The molecule has 12 heteroatoms. The number of rotatable bonds is 5. The lowest BCUT2D eigenvalue weighted by Crippen LogP contribution is -2.37. The summed E-state index contributed by atoms with van der Waals surface area (Å²) in [7, 11) is -4.37. The molecule has 5 N–H and O–H groups in total. The maximum absolute atomic E-state index is 13.6. The Bertz CT molecular complexity index is 1990. The number of aromatic nitrogens is 2. The Balaban J connectivity index is 1.52. The molecule has 6 rings (SSSR count). The maximum Gasteiger partial charge on any atom is 0.288 e. The summed E-state index contributed by atoms with van der Waals surface area (Å²) in [4.78, 5) is 17.9. The number of amidine groups is 1. The summed E-state index contributed by atoms with van der Waals surface area (Å²) in [6.07, 6.45) is 0. The number of aromatic hydroxyl groups is 1. The highest BCUT2D eigenvalue weighted by atomic mass is 32.2. The SMILES string of the molecule is CC(C)CNn1c(=O)c(C2=NS(=O)(=O)c3c(ccc4oc(-c5cccc(N)c5)nc34)N2)c(O)c2ccccc21. The highest BCUT2D eigenvalue weighted by Gasteiger charge is 2.33. The fourth-order valence-corrected chi connectivity index (χ4v) is 5.78. The summed E-state index contributed by atoms with van der Waals surface area (Å²) in [6.45, 7) is 4.44. The molecule has 0 saturated carbocycles. The lowest BCUT2D eigenvalue weighted by Gasteiger charge is -2.21. The molecule has 5 aromatic rings. The van der Waals surface area contributed by atoms with Gasteiger partial charge in [0.15, 0.2) is 11.4 Å². The average Bonchev–Trinajstić information content (AvgIpc) is 3.32. The van der Waals surface area contributed by atoms with Gasteiger partial charge in [0.25, 0.3) is 15.6 Å². The van der Waals surface area contributed by atoms with Crippen LogP contribution in [0.15, 0.2) is 79.2 Å². The molecule has 2 aromatic heterocycles. The number of hydrogen-bond acceptors (Lipinski definition) is 9. The van der Waals surface area contributed by atoms with Crippen molar-refractivity contribution in [3.63, 3.8) is 0 Å². The van der Waals surface area contributed by atoms with Gasteiger partial charge in [0.05, 0.1) is 11.2 Å².